The van der Waals surface area contributed by atoms with Gasteiger partial charge in [-0.3, -0.25) is 0 Å². The van der Waals surface area contributed by atoms with Crippen LogP contribution in [0.15, 0.2) is 54.1 Å². The van der Waals surface area contributed by atoms with Gasteiger partial charge in [-0.25, -0.2) is 4.79 Å². The van der Waals surface area contributed by atoms with Crippen LogP contribution >= 0.6 is 0 Å². The molecule has 2 atom stereocenters. The first kappa shape index (κ1) is 26.5. The Morgan fingerprint density at radius 3 is 2.70 bits per heavy atom. The molecule has 1 amide bonds. The number of unbranched alkanes of at least 4 members (excludes halogenated alkanes) is 2. The number of fused-ring (bicyclic) bond motifs is 3. The molecule has 0 bridgehead atoms. The third kappa shape index (κ3) is 6.81. The first-order valence-electron chi connectivity index (χ1n) is 13.0. The molecule has 1 N–H and O–H groups in total. The van der Waals surface area contributed by atoms with Gasteiger partial charge in [-0.15, -0.1) is 10.1 Å². The van der Waals surface area contributed by atoms with Crippen LogP contribution in [0.1, 0.15) is 75.5 Å². The van der Waals surface area contributed by atoms with Gasteiger partial charge in [-0.05, 0) is 76.1 Å². The molecule has 2 aromatic rings. The number of allylic oxidation sites excluding steroid dienone is 2. The van der Waals surface area contributed by atoms with Crippen LogP contribution in [0.25, 0.3) is 0 Å². The molecule has 198 valence electrons. The molecule has 0 spiro atoms. The SMILES string of the molecule is CC1=C[C@H]2c3c(OC(=O)NCc4ccccc4)cc(CCCCCO[N+](=O)[O-])cc3OC(C)(C)[C@@H]2CC1. The van der Waals surface area contributed by atoms with Gasteiger partial charge in [0.15, 0.2) is 0 Å². The number of amides is 1. The number of hydrogen-bond donors (Lipinski definition) is 1. The summed E-state index contributed by atoms with van der Waals surface area (Å²) in [5, 5.41) is 12.4. The highest BCUT2D eigenvalue weighted by molar-refractivity contribution is 5.72. The van der Waals surface area contributed by atoms with Crippen molar-refractivity contribution in [3.05, 3.63) is 80.9 Å². The number of rotatable bonds is 10. The van der Waals surface area contributed by atoms with E-state index >= 15 is 0 Å². The number of ether oxygens (including phenoxy) is 2. The first-order valence-corrected chi connectivity index (χ1v) is 13.0. The van der Waals surface area contributed by atoms with Crippen molar-refractivity contribution in [3.8, 4) is 11.5 Å². The van der Waals surface area contributed by atoms with Gasteiger partial charge in [-0.2, -0.15) is 0 Å². The van der Waals surface area contributed by atoms with Gasteiger partial charge in [-0.1, -0.05) is 48.4 Å². The lowest BCUT2D eigenvalue weighted by Gasteiger charge is -2.46. The fourth-order valence-corrected chi connectivity index (χ4v) is 5.44. The van der Waals surface area contributed by atoms with Crippen LogP contribution in [-0.2, 0) is 17.8 Å². The molecule has 37 heavy (non-hydrogen) atoms. The zero-order valence-corrected chi connectivity index (χ0v) is 21.8. The number of nitrogens with one attached hydrogen (secondary N) is 1. The molecular weight excluding hydrogens is 472 g/mol. The van der Waals surface area contributed by atoms with Crippen LogP contribution in [0.5, 0.6) is 11.5 Å². The maximum absolute atomic E-state index is 12.9. The van der Waals surface area contributed by atoms with E-state index < -0.39 is 11.2 Å². The van der Waals surface area contributed by atoms with Crippen molar-refractivity contribution in [1.29, 1.82) is 0 Å². The Balaban J connectivity index is 1.55. The van der Waals surface area contributed by atoms with Crippen LogP contribution in [0.3, 0.4) is 0 Å². The molecule has 1 aliphatic carbocycles. The molecule has 1 heterocycles. The number of aryl methyl sites for hydroxylation is 1. The van der Waals surface area contributed by atoms with Crippen LogP contribution in [0.4, 0.5) is 4.79 Å². The molecule has 8 nitrogen and oxygen atoms in total. The second-order valence-electron chi connectivity index (χ2n) is 10.5. The monoisotopic (exact) mass is 508 g/mol. The second-order valence-corrected chi connectivity index (χ2v) is 10.5. The van der Waals surface area contributed by atoms with Gasteiger partial charge >= 0.3 is 6.09 Å². The molecule has 4 rings (SSSR count). The van der Waals surface area contributed by atoms with E-state index in [2.05, 4.69) is 43.1 Å². The summed E-state index contributed by atoms with van der Waals surface area (Å²) in [6.07, 6.45) is 6.82. The molecule has 0 saturated heterocycles. The highest BCUT2D eigenvalue weighted by Gasteiger charge is 2.45. The summed E-state index contributed by atoms with van der Waals surface area (Å²) in [5.74, 6) is 1.69. The minimum absolute atomic E-state index is 0.0964. The molecule has 2 aliphatic rings. The smallest absolute Gasteiger partial charge is 0.412 e. The van der Waals surface area contributed by atoms with E-state index in [1.54, 1.807) is 0 Å². The summed E-state index contributed by atoms with van der Waals surface area (Å²) in [6.45, 7) is 6.90. The average molecular weight is 509 g/mol. The summed E-state index contributed by atoms with van der Waals surface area (Å²) >= 11 is 0. The van der Waals surface area contributed by atoms with Crippen LogP contribution in [0.2, 0.25) is 0 Å². The second kappa shape index (κ2) is 11.7. The quantitative estimate of drug-likeness (QED) is 0.170. The Hall–Kier alpha value is -3.55. The lowest BCUT2D eigenvalue weighted by atomic mass is 9.68. The molecule has 0 unspecified atom stereocenters. The Kier molecular flexibility index (Phi) is 8.36. The molecule has 0 aromatic heterocycles. The molecule has 0 fully saturated rings. The van der Waals surface area contributed by atoms with E-state index in [0.29, 0.717) is 18.7 Å². The lowest BCUT2D eigenvalue weighted by Crippen LogP contribution is -2.45. The lowest BCUT2D eigenvalue weighted by molar-refractivity contribution is -0.757. The Bertz CT molecular complexity index is 1140. The summed E-state index contributed by atoms with van der Waals surface area (Å²) in [7, 11) is 0. The van der Waals surface area contributed by atoms with Gasteiger partial charge in [0.2, 0.25) is 0 Å². The Morgan fingerprint density at radius 2 is 1.95 bits per heavy atom. The topological polar surface area (TPSA) is 99.9 Å². The zero-order chi connectivity index (χ0) is 26.4. The first-order chi connectivity index (χ1) is 17.7. The van der Waals surface area contributed by atoms with Gasteiger partial charge in [0.25, 0.3) is 5.09 Å². The van der Waals surface area contributed by atoms with E-state index in [9.17, 15) is 14.9 Å². The van der Waals surface area contributed by atoms with E-state index in [-0.39, 0.29) is 24.0 Å². The van der Waals surface area contributed by atoms with Gasteiger partial charge in [0.05, 0.1) is 6.61 Å². The summed E-state index contributed by atoms with van der Waals surface area (Å²) in [5.41, 5.74) is 3.92. The number of nitrogens with zero attached hydrogens (tertiary/aromatic N) is 1. The highest BCUT2D eigenvalue weighted by atomic mass is 16.9. The van der Waals surface area contributed by atoms with Crippen molar-refractivity contribution in [2.24, 2.45) is 5.92 Å². The average Bonchev–Trinajstić information content (AvgIpc) is 2.84. The fourth-order valence-electron chi connectivity index (χ4n) is 5.44. The van der Waals surface area contributed by atoms with Crippen molar-refractivity contribution in [2.45, 2.75) is 77.4 Å². The number of benzene rings is 2. The fraction of sp³-hybridized carbons (Fsp3) is 0.483. The van der Waals surface area contributed by atoms with E-state index in [1.807, 2.05) is 36.4 Å². The molecule has 1 aliphatic heterocycles. The predicted octanol–water partition coefficient (Wildman–Crippen LogP) is 6.51. The predicted molar refractivity (Wildman–Crippen MR) is 140 cm³/mol. The van der Waals surface area contributed by atoms with Gasteiger partial charge in [0.1, 0.15) is 17.1 Å². The van der Waals surface area contributed by atoms with Crippen molar-refractivity contribution >= 4 is 6.09 Å². The standard InChI is InChI=1S/C29H36N2O6/c1-20-13-14-24-23(16-20)27-25(36-28(32)30-19-21-10-6-4-7-11-21)17-22(18-26(27)37-29(24,2)3)12-8-5-9-15-35-31(33)34/h4,6-7,10-11,16-18,23-24H,5,8-9,12-15,19H2,1-3H3,(H,30,32)/t23-,24-/m1/s1. The van der Waals surface area contributed by atoms with Crippen molar-refractivity contribution < 1.29 is 24.2 Å². The molecular formula is C29H36N2O6. The highest BCUT2D eigenvalue weighted by Crippen LogP contribution is 2.53. The maximum atomic E-state index is 12.9. The third-order valence-electron chi connectivity index (χ3n) is 7.30. The molecule has 0 saturated carbocycles. The molecule has 0 radical (unpaired) electrons. The largest absolute Gasteiger partial charge is 0.487 e. The minimum atomic E-state index is -0.760. The van der Waals surface area contributed by atoms with Crippen LogP contribution in [-0.4, -0.2) is 23.4 Å². The van der Waals surface area contributed by atoms with Gasteiger partial charge < -0.3 is 19.6 Å². The minimum Gasteiger partial charge on any atom is -0.487 e. The Morgan fingerprint density at radius 1 is 1.16 bits per heavy atom. The van der Waals surface area contributed by atoms with Crippen molar-refractivity contribution in [3.63, 3.8) is 0 Å². The van der Waals surface area contributed by atoms with Crippen LogP contribution in [0, 0.1) is 16.0 Å². The number of carbonyl (C=O) groups excluding carboxylic acids is 1. The number of hydrogen-bond acceptors (Lipinski definition) is 6. The molecule has 8 heteroatoms. The Labute approximate surface area is 218 Å². The zero-order valence-electron chi connectivity index (χ0n) is 21.8. The molecule has 2 aromatic carbocycles. The summed E-state index contributed by atoms with van der Waals surface area (Å²) in [6, 6.07) is 13.7. The van der Waals surface area contributed by atoms with Crippen molar-refractivity contribution in [1.82, 2.24) is 5.32 Å². The van der Waals surface area contributed by atoms with Gasteiger partial charge in [0, 0.05) is 23.9 Å². The van der Waals surface area contributed by atoms with E-state index in [1.165, 1.54) is 5.57 Å². The third-order valence-corrected chi connectivity index (χ3v) is 7.30. The van der Waals surface area contributed by atoms with Crippen molar-refractivity contribution in [2.75, 3.05) is 6.61 Å². The maximum Gasteiger partial charge on any atom is 0.412 e. The van der Waals surface area contributed by atoms with Crippen LogP contribution < -0.4 is 14.8 Å². The summed E-state index contributed by atoms with van der Waals surface area (Å²) in [4.78, 5) is 27.6. The van der Waals surface area contributed by atoms with E-state index in [4.69, 9.17) is 9.47 Å². The number of carbonyl (C=O) groups is 1. The summed E-state index contributed by atoms with van der Waals surface area (Å²) < 4.78 is 12.5. The van der Waals surface area contributed by atoms with E-state index in [0.717, 1.165) is 54.5 Å². The normalized spacial score (nSPS) is 19.5.